The van der Waals surface area contributed by atoms with Gasteiger partial charge in [0.25, 0.3) is 0 Å². The Morgan fingerprint density at radius 3 is 2.54 bits per heavy atom. The second kappa shape index (κ2) is 11.6. The van der Waals surface area contributed by atoms with Crippen LogP contribution in [0.15, 0.2) is 59.0 Å². The van der Waals surface area contributed by atoms with Crippen molar-refractivity contribution in [1.82, 2.24) is 5.32 Å². The molecule has 0 atom stereocenters. The van der Waals surface area contributed by atoms with Crippen LogP contribution in [0.3, 0.4) is 0 Å². The predicted octanol–water partition coefficient (Wildman–Crippen LogP) is 7.79. The number of anilines is 2. The van der Waals surface area contributed by atoms with E-state index in [-0.39, 0.29) is 10.8 Å². The molecule has 11 heteroatoms. The number of benzene rings is 2. The van der Waals surface area contributed by atoms with Crippen molar-refractivity contribution < 1.29 is 22.4 Å². The topological polar surface area (TPSA) is 57.5 Å². The Kier molecular flexibility index (Phi) is 8.46. The molecule has 0 radical (unpaired) electrons. The Hall–Kier alpha value is -3.01. The highest BCUT2D eigenvalue weighted by atomic mass is 35.5. The van der Waals surface area contributed by atoms with E-state index in [9.17, 15) is 18.0 Å². The molecule has 1 fully saturated rings. The number of hydrogen-bond donors (Lipinski definition) is 2. The molecule has 4 rings (SSSR count). The summed E-state index contributed by atoms with van der Waals surface area (Å²) in [6, 6.07) is 12.0. The fourth-order valence-corrected chi connectivity index (χ4v) is 4.57. The summed E-state index contributed by atoms with van der Waals surface area (Å²) in [4.78, 5) is 14.4. The van der Waals surface area contributed by atoms with Crippen molar-refractivity contribution in [2.75, 3.05) is 23.3 Å². The molecule has 0 spiro atoms. The zero-order chi connectivity index (χ0) is 26.6. The van der Waals surface area contributed by atoms with Crippen LogP contribution in [0.5, 0.6) is 0 Å². The normalized spacial score (nSPS) is 14.1. The van der Waals surface area contributed by atoms with E-state index in [1.54, 1.807) is 30.3 Å². The minimum Gasteiger partial charge on any atom is -0.457 e. The van der Waals surface area contributed by atoms with Gasteiger partial charge in [0.2, 0.25) is 5.91 Å². The highest BCUT2D eigenvalue weighted by molar-refractivity contribution is 7.80. The smallest absolute Gasteiger partial charge is 0.416 e. The van der Waals surface area contributed by atoms with Gasteiger partial charge in [0.15, 0.2) is 5.11 Å². The Morgan fingerprint density at radius 1 is 1.05 bits per heavy atom. The van der Waals surface area contributed by atoms with E-state index in [0.29, 0.717) is 32.8 Å². The van der Waals surface area contributed by atoms with Crippen molar-refractivity contribution in [3.05, 3.63) is 76.0 Å². The fraction of sp³-hybridized carbons (Fsp3) is 0.231. The molecule has 2 heterocycles. The number of nitrogens with one attached hydrogen (secondary N) is 2. The van der Waals surface area contributed by atoms with Crippen LogP contribution in [-0.2, 0) is 11.0 Å². The standard InChI is InChI=1S/C26H22Cl2F3N3O2S/c27-19-6-4-5-18(24(19)28)22-11-8-17(36-22)9-12-23(35)33-25(37)32-20-15-16(26(29,30)31)7-10-21(20)34-13-2-1-3-14-34/h4-12,15H,1-3,13-14H2,(H2,32,33,35,37). The summed E-state index contributed by atoms with van der Waals surface area (Å²) in [6.45, 7) is 1.46. The summed E-state index contributed by atoms with van der Waals surface area (Å²) in [7, 11) is 0. The first-order valence-electron chi connectivity index (χ1n) is 11.4. The minimum atomic E-state index is -4.51. The van der Waals surface area contributed by atoms with Crippen molar-refractivity contribution in [3.63, 3.8) is 0 Å². The average Bonchev–Trinajstić information content (AvgIpc) is 3.33. The van der Waals surface area contributed by atoms with Crippen LogP contribution in [0.25, 0.3) is 17.4 Å². The quantitative estimate of drug-likeness (QED) is 0.243. The Labute approximate surface area is 227 Å². The van der Waals surface area contributed by atoms with Crippen LogP contribution in [0.4, 0.5) is 24.5 Å². The number of nitrogens with zero attached hydrogens (tertiary/aromatic N) is 1. The van der Waals surface area contributed by atoms with Crippen LogP contribution >= 0.6 is 35.4 Å². The number of halogens is 5. The summed E-state index contributed by atoms with van der Waals surface area (Å²) in [5.74, 6) is 0.271. The van der Waals surface area contributed by atoms with Gasteiger partial charge in [-0.1, -0.05) is 29.3 Å². The number of piperidine rings is 1. The molecular formula is C26H22Cl2F3N3O2S. The number of amides is 1. The lowest BCUT2D eigenvalue weighted by atomic mass is 10.1. The van der Waals surface area contributed by atoms with Gasteiger partial charge in [-0.05, 0) is 80.0 Å². The highest BCUT2D eigenvalue weighted by Crippen LogP contribution is 2.37. The van der Waals surface area contributed by atoms with Crippen molar-refractivity contribution in [2.45, 2.75) is 25.4 Å². The zero-order valence-electron chi connectivity index (χ0n) is 19.4. The maximum Gasteiger partial charge on any atom is 0.416 e. The van der Waals surface area contributed by atoms with Gasteiger partial charge in [-0.15, -0.1) is 0 Å². The molecule has 194 valence electrons. The number of carbonyl (C=O) groups is 1. The first kappa shape index (κ1) is 27.0. The van der Waals surface area contributed by atoms with Gasteiger partial charge in [0.05, 0.1) is 27.0 Å². The van der Waals surface area contributed by atoms with Gasteiger partial charge in [0.1, 0.15) is 11.5 Å². The van der Waals surface area contributed by atoms with Gasteiger partial charge in [-0.25, -0.2) is 0 Å². The molecule has 1 saturated heterocycles. The summed E-state index contributed by atoms with van der Waals surface area (Å²) >= 11 is 17.5. The summed E-state index contributed by atoms with van der Waals surface area (Å²) in [5, 5.41) is 5.82. The van der Waals surface area contributed by atoms with Crippen molar-refractivity contribution in [3.8, 4) is 11.3 Å². The maximum absolute atomic E-state index is 13.3. The molecule has 0 saturated carbocycles. The lowest BCUT2D eigenvalue weighted by Crippen LogP contribution is -2.35. The van der Waals surface area contributed by atoms with E-state index >= 15 is 0 Å². The van der Waals surface area contributed by atoms with E-state index in [1.807, 2.05) is 4.90 Å². The molecule has 2 aromatic carbocycles. The van der Waals surface area contributed by atoms with Crippen molar-refractivity contribution >= 4 is 63.9 Å². The summed E-state index contributed by atoms with van der Waals surface area (Å²) in [6.07, 6.45) is 1.09. The third-order valence-corrected chi connectivity index (χ3v) is 6.77. The van der Waals surface area contributed by atoms with Crippen LogP contribution in [0, 0.1) is 0 Å². The zero-order valence-corrected chi connectivity index (χ0v) is 21.7. The lowest BCUT2D eigenvalue weighted by Gasteiger charge is -2.31. The molecule has 37 heavy (non-hydrogen) atoms. The second-order valence-electron chi connectivity index (χ2n) is 8.36. The number of furan rings is 1. The molecule has 1 aliphatic heterocycles. The molecule has 1 aliphatic rings. The Morgan fingerprint density at radius 2 is 1.81 bits per heavy atom. The van der Waals surface area contributed by atoms with Gasteiger partial charge in [0, 0.05) is 24.7 Å². The molecule has 1 aromatic heterocycles. The van der Waals surface area contributed by atoms with E-state index in [1.165, 1.54) is 18.2 Å². The van der Waals surface area contributed by atoms with Crippen LogP contribution in [-0.4, -0.2) is 24.1 Å². The molecule has 3 aromatic rings. The van der Waals surface area contributed by atoms with Crippen LogP contribution in [0.1, 0.15) is 30.6 Å². The Bertz CT molecular complexity index is 1330. The van der Waals surface area contributed by atoms with E-state index in [4.69, 9.17) is 39.8 Å². The van der Waals surface area contributed by atoms with Crippen LogP contribution < -0.4 is 15.5 Å². The number of hydrogen-bond acceptors (Lipinski definition) is 4. The largest absolute Gasteiger partial charge is 0.457 e. The van der Waals surface area contributed by atoms with Gasteiger partial charge in [-0.3, -0.25) is 10.1 Å². The van der Waals surface area contributed by atoms with Gasteiger partial charge >= 0.3 is 6.18 Å². The van der Waals surface area contributed by atoms with E-state index in [0.717, 1.165) is 44.5 Å². The monoisotopic (exact) mass is 567 g/mol. The van der Waals surface area contributed by atoms with Gasteiger partial charge in [-0.2, -0.15) is 13.2 Å². The third kappa shape index (κ3) is 6.85. The molecular weight excluding hydrogens is 546 g/mol. The summed E-state index contributed by atoms with van der Waals surface area (Å²) in [5.41, 5.74) is 0.579. The van der Waals surface area contributed by atoms with E-state index in [2.05, 4.69) is 10.6 Å². The minimum absolute atomic E-state index is 0.127. The van der Waals surface area contributed by atoms with Crippen molar-refractivity contribution in [2.24, 2.45) is 0 Å². The molecule has 0 bridgehead atoms. The first-order valence-corrected chi connectivity index (χ1v) is 12.6. The molecule has 1 amide bonds. The molecule has 2 N–H and O–H groups in total. The first-order chi connectivity index (χ1) is 17.6. The number of carbonyl (C=O) groups excluding carboxylic acids is 1. The maximum atomic E-state index is 13.3. The second-order valence-corrected chi connectivity index (χ2v) is 9.55. The lowest BCUT2D eigenvalue weighted by molar-refractivity contribution is -0.137. The molecule has 0 unspecified atom stereocenters. The van der Waals surface area contributed by atoms with E-state index < -0.39 is 17.6 Å². The van der Waals surface area contributed by atoms with Crippen molar-refractivity contribution in [1.29, 1.82) is 0 Å². The Balaban J connectivity index is 1.44. The predicted molar refractivity (Wildman–Crippen MR) is 145 cm³/mol. The van der Waals surface area contributed by atoms with Crippen LogP contribution in [0.2, 0.25) is 10.0 Å². The molecule has 5 nitrogen and oxygen atoms in total. The highest BCUT2D eigenvalue weighted by Gasteiger charge is 2.31. The van der Waals surface area contributed by atoms with Gasteiger partial charge < -0.3 is 14.6 Å². The number of thiocarbonyl (C=S) groups is 1. The summed E-state index contributed by atoms with van der Waals surface area (Å²) < 4.78 is 45.7. The number of alkyl halides is 3. The SMILES string of the molecule is O=C(C=Cc1ccc(-c2cccc(Cl)c2Cl)o1)NC(=S)Nc1cc(C(F)(F)F)ccc1N1CCCCC1. The average molecular weight is 568 g/mol. The molecule has 0 aliphatic carbocycles. The fourth-order valence-electron chi connectivity index (χ4n) is 3.97. The third-order valence-electron chi connectivity index (χ3n) is 5.75. The number of rotatable bonds is 5.